The van der Waals surface area contributed by atoms with Gasteiger partial charge in [0.15, 0.2) is 0 Å². The Bertz CT molecular complexity index is 255. The van der Waals surface area contributed by atoms with Gasteiger partial charge in [-0.05, 0) is 13.5 Å². The zero-order valence-electron chi connectivity index (χ0n) is 10.5. The average molecular weight is 252 g/mol. The molecule has 0 unspecified atom stereocenters. The molecular weight excluding hydrogens is 228 g/mol. The third kappa shape index (κ3) is 11.9. The maximum Gasteiger partial charge on any atom is 0.148 e. The highest BCUT2D eigenvalue weighted by Gasteiger charge is 2.01. The molecule has 0 aliphatic carbocycles. The van der Waals surface area contributed by atoms with Gasteiger partial charge < -0.3 is 15.0 Å². The van der Waals surface area contributed by atoms with Gasteiger partial charge in [-0.25, -0.2) is 8.42 Å². The summed E-state index contributed by atoms with van der Waals surface area (Å²) in [5.41, 5.74) is 0. The van der Waals surface area contributed by atoms with Crippen LogP contribution in [0, 0.1) is 0 Å². The van der Waals surface area contributed by atoms with E-state index in [0.29, 0.717) is 6.54 Å². The molecule has 0 atom stereocenters. The first-order valence-electron chi connectivity index (χ1n) is 5.51. The van der Waals surface area contributed by atoms with Crippen molar-refractivity contribution < 1.29 is 13.2 Å². The summed E-state index contributed by atoms with van der Waals surface area (Å²) in [4.78, 5) is 2.20. The number of rotatable bonds is 10. The normalized spacial score (nSPS) is 12.2. The lowest BCUT2D eigenvalue weighted by Gasteiger charge is -2.16. The van der Waals surface area contributed by atoms with Gasteiger partial charge in [-0.15, -0.1) is 0 Å². The van der Waals surface area contributed by atoms with E-state index >= 15 is 0 Å². The zero-order valence-corrected chi connectivity index (χ0v) is 11.3. The Morgan fingerprint density at radius 2 is 1.94 bits per heavy atom. The van der Waals surface area contributed by atoms with Crippen LogP contribution in [0.5, 0.6) is 0 Å². The lowest BCUT2D eigenvalue weighted by molar-refractivity contribution is 0.179. The second-order valence-corrected chi connectivity index (χ2v) is 6.29. The summed E-state index contributed by atoms with van der Waals surface area (Å²) in [6, 6.07) is 0. The quantitative estimate of drug-likeness (QED) is 0.536. The van der Waals surface area contributed by atoms with Crippen molar-refractivity contribution in [3.05, 3.63) is 0 Å². The molecule has 0 saturated heterocycles. The fourth-order valence-electron chi connectivity index (χ4n) is 1.24. The summed E-state index contributed by atoms with van der Waals surface area (Å²) in [6.45, 7) is 4.06. The van der Waals surface area contributed by atoms with Crippen molar-refractivity contribution in [2.24, 2.45) is 0 Å². The van der Waals surface area contributed by atoms with Gasteiger partial charge in [0.2, 0.25) is 0 Å². The summed E-state index contributed by atoms with van der Waals surface area (Å²) in [6.07, 6.45) is 2.28. The Labute approximate surface area is 99.1 Å². The molecule has 0 saturated carbocycles. The summed E-state index contributed by atoms with van der Waals surface area (Å²) < 4.78 is 26.6. The molecule has 0 aromatic rings. The SMILES string of the molecule is COCCCN(C)CCNCCS(C)(=O)=O. The van der Waals surface area contributed by atoms with E-state index in [2.05, 4.69) is 10.2 Å². The van der Waals surface area contributed by atoms with Crippen molar-refractivity contribution in [1.29, 1.82) is 0 Å². The molecule has 0 aliphatic heterocycles. The van der Waals surface area contributed by atoms with Crippen LogP contribution in [0.4, 0.5) is 0 Å². The maximum absolute atomic E-state index is 10.8. The fourth-order valence-corrected chi connectivity index (χ4v) is 1.76. The van der Waals surface area contributed by atoms with Crippen LogP contribution >= 0.6 is 0 Å². The largest absolute Gasteiger partial charge is 0.385 e. The van der Waals surface area contributed by atoms with Crippen LogP contribution in [0.2, 0.25) is 0 Å². The van der Waals surface area contributed by atoms with Crippen molar-refractivity contribution in [3.8, 4) is 0 Å². The van der Waals surface area contributed by atoms with Gasteiger partial charge in [0.05, 0.1) is 5.75 Å². The summed E-state index contributed by atoms with van der Waals surface area (Å²) >= 11 is 0. The second-order valence-electron chi connectivity index (χ2n) is 4.03. The van der Waals surface area contributed by atoms with Gasteiger partial charge in [0.25, 0.3) is 0 Å². The molecule has 0 radical (unpaired) electrons. The number of hydrogen-bond acceptors (Lipinski definition) is 5. The molecular formula is C10H24N2O3S. The van der Waals surface area contributed by atoms with Crippen LogP contribution in [0.15, 0.2) is 0 Å². The Balaban J connectivity index is 3.31. The van der Waals surface area contributed by atoms with E-state index in [0.717, 1.165) is 32.7 Å². The van der Waals surface area contributed by atoms with Gasteiger partial charge in [-0.3, -0.25) is 0 Å². The molecule has 98 valence electrons. The van der Waals surface area contributed by atoms with E-state index in [1.165, 1.54) is 6.26 Å². The highest BCUT2D eigenvalue weighted by Crippen LogP contribution is 1.87. The number of likely N-dealkylation sites (N-methyl/N-ethyl adjacent to an activating group) is 1. The number of nitrogens with one attached hydrogen (secondary N) is 1. The molecule has 0 fully saturated rings. The molecule has 0 heterocycles. The number of sulfone groups is 1. The molecule has 0 bridgehead atoms. The van der Waals surface area contributed by atoms with Gasteiger partial charge in [0, 0.05) is 46.2 Å². The third-order valence-electron chi connectivity index (χ3n) is 2.21. The monoisotopic (exact) mass is 252 g/mol. The summed E-state index contributed by atoms with van der Waals surface area (Å²) in [5, 5.41) is 3.11. The van der Waals surface area contributed by atoms with Crippen LogP contribution in [0.3, 0.4) is 0 Å². The topological polar surface area (TPSA) is 58.6 Å². The molecule has 0 amide bonds. The molecule has 0 spiro atoms. The maximum atomic E-state index is 10.8. The Hall–Kier alpha value is -0.170. The van der Waals surface area contributed by atoms with E-state index in [-0.39, 0.29) is 5.75 Å². The standard InChI is InChI=1S/C10H24N2O3S/c1-12(7-4-9-15-2)8-5-11-6-10-16(3,13)14/h11H,4-10H2,1-3H3. The third-order valence-corrected chi connectivity index (χ3v) is 3.15. The number of hydrogen-bond donors (Lipinski definition) is 1. The summed E-state index contributed by atoms with van der Waals surface area (Å²) in [7, 11) is 0.916. The lowest BCUT2D eigenvalue weighted by atomic mass is 10.4. The molecule has 5 nitrogen and oxygen atoms in total. The molecule has 0 rings (SSSR count). The van der Waals surface area contributed by atoms with Crippen molar-refractivity contribution >= 4 is 9.84 Å². The van der Waals surface area contributed by atoms with Crippen LogP contribution < -0.4 is 5.32 Å². The van der Waals surface area contributed by atoms with Crippen molar-refractivity contribution in [1.82, 2.24) is 10.2 Å². The first-order valence-corrected chi connectivity index (χ1v) is 7.57. The van der Waals surface area contributed by atoms with E-state index in [9.17, 15) is 8.42 Å². The fraction of sp³-hybridized carbons (Fsp3) is 1.00. The van der Waals surface area contributed by atoms with E-state index < -0.39 is 9.84 Å². The highest BCUT2D eigenvalue weighted by atomic mass is 32.2. The average Bonchev–Trinajstić information content (AvgIpc) is 2.16. The molecule has 0 aromatic heterocycles. The highest BCUT2D eigenvalue weighted by molar-refractivity contribution is 7.90. The van der Waals surface area contributed by atoms with Crippen LogP contribution in [0.25, 0.3) is 0 Å². The van der Waals surface area contributed by atoms with E-state index in [1.807, 2.05) is 7.05 Å². The minimum atomic E-state index is -2.84. The minimum absolute atomic E-state index is 0.209. The van der Waals surface area contributed by atoms with Crippen molar-refractivity contribution in [2.75, 3.05) is 59.0 Å². The zero-order chi connectivity index (χ0) is 12.4. The second kappa shape index (κ2) is 8.92. The van der Waals surface area contributed by atoms with Crippen molar-refractivity contribution in [2.45, 2.75) is 6.42 Å². The molecule has 16 heavy (non-hydrogen) atoms. The Kier molecular flexibility index (Phi) is 8.83. The smallest absolute Gasteiger partial charge is 0.148 e. The number of ether oxygens (including phenoxy) is 1. The van der Waals surface area contributed by atoms with Crippen LogP contribution in [0.1, 0.15) is 6.42 Å². The predicted octanol–water partition coefficient (Wildman–Crippen LogP) is -0.411. The Morgan fingerprint density at radius 3 is 2.50 bits per heavy atom. The molecule has 0 aliphatic rings. The van der Waals surface area contributed by atoms with Crippen LogP contribution in [-0.4, -0.2) is 72.3 Å². The van der Waals surface area contributed by atoms with Gasteiger partial charge >= 0.3 is 0 Å². The number of nitrogens with zero attached hydrogens (tertiary/aromatic N) is 1. The predicted molar refractivity (Wildman–Crippen MR) is 66.6 cm³/mol. The van der Waals surface area contributed by atoms with E-state index in [4.69, 9.17) is 4.74 Å². The van der Waals surface area contributed by atoms with Crippen molar-refractivity contribution in [3.63, 3.8) is 0 Å². The number of methoxy groups -OCH3 is 1. The first kappa shape index (κ1) is 15.8. The summed E-state index contributed by atoms with van der Waals surface area (Å²) in [5.74, 6) is 0.209. The Morgan fingerprint density at radius 1 is 1.25 bits per heavy atom. The van der Waals surface area contributed by atoms with Gasteiger partial charge in [-0.2, -0.15) is 0 Å². The van der Waals surface area contributed by atoms with Crippen LogP contribution in [-0.2, 0) is 14.6 Å². The van der Waals surface area contributed by atoms with E-state index in [1.54, 1.807) is 7.11 Å². The van der Waals surface area contributed by atoms with Gasteiger partial charge in [-0.1, -0.05) is 0 Å². The molecule has 6 heteroatoms. The lowest BCUT2D eigenvalue weighted by Crippen LogP contribution is -2.32. The van der Waals surface area contributed by atoms with Gasteiger partial charge in [0.1, 0.15) is 9.84 Å². The molecule has 1 N–H and O–H groups in total. The molecule has 0 aromatic carbocycles. The minimum Gasteiger partial charge on any atom is -0.385 e. The first-order chi connectivity index (χ1) is 7.45.